The molecule has 5 heteroatoms. The van der Waals surface area contributed by atoms with E-state index >= 15 is 0 Å². The fourth-order valence-electron chi connectivity index (χ4n) is 1.57. The number of aryl methyl sites for hydroxylation is 1. The summed E-state index contributed by atoms with van der Waals surface area (Å²) in [6.07, 6.45) is 1.11. The summed E-state index contributed by atoms with van der Waals surface area (Å²) in [5.74, 6) is 1.13. The molecule has 0 amide bonds. The molecule has 2 aromatic carbocycles. The summed E-state index contributed by atoms with van der Waals surface area (Å²) in [5.41, 5.74) is 1.56. The summed E-state index contributed by atoms with van der Waals surface area (Å²) in [5, 5.41) is 0. The van der Waals surface area contributed by atoms with Gasteiger partial charge in [-0.05, 0) is 31.2 Å². The molecule has 2 rings (SSSR count). The van der Waals surface area contributed by atoms with E-state index in [0.29, 0.717) is 17.2 Å². The summed E-state index contributed by atoms with van der Waals surface area (Å²) in [6.45, 7) is 1.99. The average molecular weight is 277 g/mol. The fraction of sp³-hybridized carbons (Fsp3) is 0.143. The third kappa shape index (κ3) is 3.99. The molecule has 0 spiro atoms. The second kappa shape index (κ2) is 5.32. The van der Waals surface area contributed by atoms with Crippen molar-refractivity contribution in [3.05, 3.63) is 54.1 Å². The molecule has 0 radical (unpaired) electrons. The highest BCUT2D eigenvalue weighted by atomic mass is 32.2. The van der Waals surface area contributed by atoms with Crippen molar-refractivity contribution in [1.29, 1.82) is 0 Å². The summed E-state index contributed by atoms with van der Waals surface area (Å²) >= 11 is 0. The van der Waals surface area contributed by atoms with Crippen LogP contribution in [0, 0.1) is 6.92 Å². The maximum atomic E-state index is 11.3. The van der Waals surface area contributed by atoms with Gasteiger partial charge in [0.1, 0.15) is 5.75 Å². The van der Waals surface area contributed by atoms with E-state index in [-0.39, 0.29) is 0 Å². The number of rotatable bonds is 4. The number of sulfonamides is 1. The zero-order chi connectivity index (χ0) is 13.9. The van der Waals surface area contributed by atoms with E-state index < -0.39 is 10.0 Å². The molecule has 0 unspecified atom stereocenters. The SMILES string of the molecule is Cc1ccc(Oc2ccccc2NS(C)(=O)=O)cc1. The molecule has 0 atom stereocenters. The molecule has 1 N–H and O–H groups in total. The largest absolute Gasteiger partial charge is 0.455 e. The monoisotopic (exact) mass is 277 g/mol. The first-order valence-corrected chi connectivity index (χ1v) is 7.64. The zero-order valence-electron chi connectivity index (χ0n) is 10.8. The lowest BCUT2D eigenvalue weighted by atomic mass is 10.2. The van der Waals surface area contributed by atoms with Crippen molar-refractivity contribution < 1.29 is 13.2 Å². The van der Waals surface area contributed by atoms with E-state index in [1.807, 2.05) is 31.2 Å². The van der Waals surface area contributed by atoms with E-state index in [0.717, 1.165) is 11.8 Å². The third-order valence-corrected chi connectivity index (χ3v) is 3.02. The van der Waals surface area contributed by atoms with E-state index in [2.05, 4.69) is 4.72 Å². The molecule has 0 fully saturated rings. The Morgan fingerprint density at radius 3 is 2.26 bits per heavy atom. The molecule has 19 heavy (non-hydrogen) atoms. The molecule has 0 saturated carbocycles. The van der Waals surface area contributed by atoms with Crippen LogP contribution in [-0.2, 0) is 10.0 Å². The Bertz CT molecular complexity index is 663. The van der Waals surface area contributed by atoms with Gasteiger partial charge in [-0.3, -0.25) is 4.72 Å². The van der Waals surface area contributed by atoms with Gasteiger partial charge in [-0.15, -0.1) is 0 Å². The number of ether oxygens (including phenoxy) is 1. The number of benzene rings is 2. The lowest BCUT2D eigenvalue weighted by molar-refractivity contribution is 0.484. The lowest BCUT2D eigenvalue weighted by Crippen LogP contribution is -2.10. The highest BCUT2D eigenvalue weighted by Gasteiger charge is 2.08. The summed E-state index contributed by atoms with van der Waals surface area (Å²) < 4.78 is 30.7. The molecule has 4 nitrogen and oxygen atoms in total. The number of hydrogen-bond donors (Lipinski definition) is 1. The van der Waals surface area contributed by atoms with Gasteiger partial charge in [-0.1, -0.05) is 29.8 Å². The zero-order valence-corrected chi connectivity index (χ0v) is 11.6. The third-order valence-electron chi connectivity index (χ3n) is 2.43. The predicted molar refractivity (Wildman–Crippen MR) is 76.2 cm³/mol. The van der Waals surface area contributed by atoms with Crippen LogP contribution in [0.5, 0.6) is 11.5 Å². The van der Waals surface area contributed by atoms with Gasteiger partial charge >= 0.3 is 0 Å². The topological polar surface area (TPSA) is 55.4 Å². The van der Waals surface area contributed by atoms with Gasteiger partial charge in [-0.25, -0.2) is 8.42 Å². The predicted octanol–water partition coefficient (Wildman–Crippen LogP) is 3.16. The quantitative estimate of drug-likeness (QED) is 0.934. The van der Waals surface area contributed by atoms with Crippen LogP contribution >= 0.6 is 0 Å². The normalized spacial score (nSPS) is 11.1. The summed E-state index contributed by atoms with van der Waals surface area (Å²) in [7, 11) is -3.33. The van der Waals surface area contributed by atoms with Gasteiger partial charge in [0.05, 0.1) is 11.9 Å². The van der Waals surface area contributed by atoms with Gasteiger partial charge in [0.2, 0.25) is 10.0 Å². The lowest BCUT2D eigenvalue weighted by Gasteiger charge is -2.11. The first-order valence-electron chi connectivity index (χ1n) is 5.75. The van der Waals surface area contributed by atoms with Crippen LogP contribution in [0.1, 0.15) is 5.56 Å². The van der Waals surface area contributed by atoms with E-state index in [1.54, 1.807) is 24.3 Å². The Kier molecular flexibility index (Phi) is 3.76. The van der Waals surface area contributed by atoms with Gasteiger partial charge in [-0.2, -0.15) is 0 Å². The van der Waals surface area contributed by atoms with Gasteiger partial charge < -0.3 is 4.74 Å². The van der Waals surface area contributed by atoms with Crippen molar-refractivity contribution in [2.45, 2.75) is 6.92 Å². The number of para-hydroxylation sites is 2. The van der Waals surface area contributed by atoms with Crippen LogP contribution in [0.15, 0.2) is 48.5 Å². The Balaban J connectivity index is 2.27. The van der Waals surface area contributed by atoms with Crippen LogP contribution in [0.25, 0.3) is 0 Å². The fourth-order valence-corrected chi connectivity index (χ4v) is 2.14. The summed E-state index contributed by atoms with van der Waals surface area (Å²) in [4.78, 5) is 0. The second-order valence-corrected chi connectivity index (χ2v) is 6.03. The standard InChI is InChI=1S/C14H15NO3S/c1-11-7-9-12(10-8-11)18-14-6-4-3-5-13(14)15-19(2,16)17/h3-10,15H,1-2H3. The minimum atomic E-state index is -3.33. The molecular formula is C14H15NO3S. The highest BCUT2D eigenvalue weighted by molar-refractivity contribution is 7.92. The minimum Gasteiger partial charge on any atom is -0.455 e. The molecule has 0 bridgehead atoms. The van der Waals surface area contributed by atoms with Gasteiger partial charge in [0, 0.05) is 0 Å². The molecular weight excluding hydrogens is 262 g/mol. The second-order valence-electron chi connectivity index (χ2n) is 4.29. The molecule has 0 aliphatic carbocycles. The molecule has 0 aromatic heterocycles. The van der Waals surface area contributed by atoms with Crippen molar-refractivity contribution in [2.24, 2.45) is 0 Å². The van der Waals surface area contributed by atoms with Crippen molar-refractivity contribution in [3.8, 4) is 11.5 Å². The van der Waals surface area contributed by atoms with Crippen molar-refractivity contribution in [1.82, 2.24) is 0 Å². The van der Waals surface area contributed by atoms with E-state index in [9.17, 15) is 8.42 Å². The van der Waals surface area contributed by atoms with Crippen LogP contribution < -0.4 is 9.46 Å². The number of nitrogens with one attached hydrogen (secondary N) is 1. The summed E-state index contributed by atoms with van der Waals surface area (Å²) in [6, 6.07) is 14.5. The van der Waals surface area contributed by atoms with Crippen molar-refractivity contribution in [3.63, 3.8) is 0 Å². The smallest absolute Gasteiger partial charge is 0.229 e. The van der Waals surface area contributed by atoms with Crippen molar-refractivity contribution >= 4 is 15.7 Å². The molecule has 0 aliphatic rings. The maximum absolute atomic E-state index is 11.3. The molecule has 0 heterocycles. The minimum absolute atomic E-state index is 0.422. The molecule has 100 valence electrons. The molecule has 0 aliphatic heterocycles. The Morgan fingerprint density at radius 2 is 1.63 bits per heavy atom. The molecule has 0 saturated heterocycles. The van der Waals surface area contributed by atoms with Crippen LogP contribution in [0.3, 0.4) is 0 Å². The Labute approximate surface area is 113 Å². The Morgan fingerprint density at radius 1 is 1.00 bits per heavy atom. The highest BCUT2D eigenvalue weighted by Crippen LogP contribution is 2.29. The van der Waals surface area contributed by atoms with E-state index in [1.165, 1.54) is 0 Å². The molecule has 2 aromatic rings. The van der Waals surface area contributed by atoms with Crippen molar-refractivity contribution in [2.75, 3.05) is 11.0 Å². The Hall–Kier alpha value is -2.01. The first-order chi connectivity index (χ1) is 8.94. The van der Waals surface area contributed by atoms with Crippen LogP contribution in [-0.4, -0.2) is 14.7 Å². The van der Waals surface area contributed by atoms with Crippen LogP contribution in [0.4, 0.5) is 5.69 Å². The van der Waals surface area contributed by atoms with Crippen LogP contribution in [0.2, 0.25) is 0 Å². The maximum Gasteiger partial charge on any atom is 0.229 e. The first kappa shape index (κ1) is 13.4. The average Bonchev–Trinajstić information content (AvgIpc) is 2.33. The van der Waals surface area contributed by atoms with E-state index in [4.69, 9.17) is 4.74 Å². The van der Waals surface area contributed by atoms with Gasteiger partial charge in [0.15, 0.2) is 5.75 Å². The number of anilines is 1. The van der Waals surface area contributed by atoms with Gasteiger partial charge in [0.25, 0.3) is 0 Å². The number of hydrogen-bond acceptors (Lipinski definition) is 3.